The van der Waals surface area contributed by atoms with Crippen LogP contribution < -0.4 is 10.1 Å². The van der Waals surface area contributed by atoms with Gasteiger partial charge in [0.05, 0.1) is 18.2 Å². The van der Waals surface area contributed by atoms with E-state index in [1.807, 2.05) is 55.5 Å². The van der Waals surface area contributed by atoms with Gasteiger partial charge in [-0.25, -0.2) is 4.98 Å². The number of rotatable bonds is 3. The van der Waals surface area contributed by atoms with E-state index in [9.17, 15) is 5.26 Å². The lowest BCUT2D eigenvalue weighted by atomic mass is 10.1. The first kappa shape index (κ1) is 13.9. The third kappa shape index (κ3) is 2.70. The van der Waals surface area contributed by atoms with Crippen LogP contribution in [0.25, 0.3) is 10.9 Å². The number of anilines is 2. The second-order valence-corrected chi connectivity index (χ2v) is 5.05. The quantitative estimate of drug-likeness (QED) is 0.786. The molecular formula is C18H15N3O. The van der Waals surface area contributed by atoms with Crippen LogP contribution in [0.15, 0.2) is 48.5 Å². The molecule has 1 aromatic heterocycles. The molecule has 1 N–H and O–H groups in total. The molecule has 4 nitrogen and oxygen atoms in total. The van der Waals surface area contributed by atoms with Crippen LogP contribution in [0.5, 0.6) is 5.75 Å². The van der Waals surface area contributed by atoms with Crippen molar-refractivity contribution in [2.24, 2.45) is 0 Å². The third-order valence-corrected chi connectivity index (χ3v) is 3.44. The molecule has 4 heteroatoms. The number of fused-ring (bicyclic) bond motifs is 1. The van der Waals surface area contributed by atoms with Crippen molar-refractivity contribution >= 4 is 22.4 Å². The van der Waals surface area contributed by atoms with Crippen LogP contribution in [0.4, 0.5) is 11.5 Å². The molecular weight excluding hydrogens is 274 g/mol. The molecule has 0 saturated carbocycles. The molecule has 0 aliphatic rings. The summed E-state index contributed by atoms with van der Waals surface area (Å²) in [6.07, 6.45) is 0. The molecule has 0 aliphatic heterocycles. The van der Waals surface area contributed by atoms with Gasteiger partial charge in [-0.3, -0.25) is 0 Å². The number of methoxy groups -OCH3 is 1. The number of aryl methyl sites for hydroxylation is 1. The zero-order valence-corrected chi connectivity index (χ0v) is 12.4. The van der Waals surface area contributed by atoms with E-state index in [2.05, 4.69) is 16.4 Å². The van der Waals surface area contributed by atoms with Crippen LogP contribution in [0, 0.1) is 18.3 Å². The fourth-order valence-corrected chi connectivity index (χ4v) is 2.29. The molecule has 3 rings (SSSR count). The van der Waals surface area contributed by atoms with Crippen LogP contribution in [-0.4, -0.2) is 12.1 Å². The Morgan fingerprint density at radius 3 is 2.55 bits per heavy atom. The molecule has 0 unspecified atom stereocenters. The van der Waals surface area contributed by atoms with Gasteiger partial charge in [0.2, 0.25) is 0 Å². The van der Waals surface area contributed by atoms with Crippen molar-refractivity contribution in [3.63, 3.8) is 0 Å². The summed E-state index contributed by atoms with van der Waals surface area (Å²) in [4.78, 5) is 4.56. The van der Waals surface area contributed by atoms with Gasteiger partial charge in [0.25, 0.3) is 0 Å². The van der Waals surface area contributed by atoms with Gasteiger partial charge < -0.3 is 10.1 Å². The van der Waals surface area contributed by atoms with E-state index in [1.54, 1.807) is 7.11 Å². The lowest BCUT2D eigenvalue weighted by Gasteiger charge is -2.10. The lowest BCUT2D eigenvalue weighted by molar-refractivity contribution is 0.415. The number of ether oxygens (including phenoxy) is 1. The smallest absolute Gasteiger partial charge is 0.149 e. The maximum absolute atomic E-state index is 9.36. The molecule has 108 valence electrons. The topological polar surface area (TPSA) is 57.9 Å². The van der Waals surface area contributed by atoms with Gasteiger partial charge in [-0.15, -0.1) is 0 Å². The standard InChI is InChI=1S/C18H15N3O/c1-12-3-8-17-13(9-12)10-14(11-19)18(21-17)20-15-4-6-16(22-2)7-5-15/h3-10H,1-2H3,(H,20,21). The summed E-state index contributed by atoms with van der Waals surface area (Å²) in [6, 6.07) is 17.6. The number of hydrogen-bond donors (Lipinski definition) is 1. The molecule has 22 heavy (non-hydrogen) atoms. The van der Waals surface area contributed by atoms with Gasteiger partial charge in [0.1, 0.15) is 17.6 Å². The zero-order chi connectivity index (χ0) is 15.5. The average molecular weight is 289 g/mol. The summed E-state index contributed by atoms with van der Waals surface area (Å²) >= 11 is 0. The van der Waals surface area contributed by atoms with Crippen molar-refractivity contribution < 1.29 is 4.74 Å². The van der Waals surface area contributed by atoms with Gasteiger partial charge in [-0.1, -0.05) is 11.6 Å². The Morgan fingerprint density at radius 2 is 1.86 bits per heavy atom. The number of benzene rings is 2. The molecule has 0 aliphatic carbocycles. The minimum absolute atomic E-state index is 0.522. The monoisotopic (exact) mass is 289 g/mol. The Labute approximate surface area is 129 Å². The molecule has 1 heterocycles. The maximum atomic E-state index is 9.36. The fourth-order valence-electron chi connectivity index (χ4n) is 2.29. The molecule has 0 atom stereocenters. The fraction of sp³-hybridized carbons (Fsp3) is 0.111. The summed E-state index contributed by atoms with van der Waals surface area (Å²) in [7, 11) is 1.63. The molecule has 2 aromatic carbocycles. The third-order valence-electron chi connectivity index (χ3n) is 3.44. The van der Waals surface area contributed by atoms with Gasteiger partial charge in [-0.2, -0.15) is 5.26 Å². The molecule has 0 radical (unpaired) electrons. The Morgan fingerprint density at radius 1 is 1.09 bits per heavy atom. The Balaban J connectivity index is 2.01. The highest BCUT2D eigenvalue weighted by Gasteiger charge is 2.07. The summed E-state index contributed by atoms with van der Waals surface area (Å²) < 4.78 is 5.14. The zero-order valence-electron chi connectivity index (χ0n) is 12.4. The Kier molecular flexibility index (Phi) is 3.63. The predicted molar refractivity (Wildman–Crippen MR) is 87.5 cm³/mol. The van der Waals surface area contributed by atoms with E-state index < -0.39 is 0 Å². The normalized spacial score (nSPS) is 10.2. The van der Waals surface area contributed by atoms with Crippen molar-refractivity contribution in [3.8, 4) is 11.8 Å². The number of aromatic nitrogens is 1. The second kappa shape index (κ2) is 5.74. The van der Waals surface area contributed by atoms with Crippen LogP contribution in [0.2, 0.25) is 0 Å². The molecule has 0 spiro atoms. The first-order valence-corrected chi connectivity index (χ1v) is 6.92. The van der Waals surface area contributed by atoms with E-state index in [0.29, 0.717) is 11.4 Å². The minimum Gasteiger partial charge on any atom is -0.497 e. The van der Waals surface area contributed by atoms with Crippen LogP contribution >= 0.6 is 0 Å². The minimum atomic E-state index is 0.522. The van der Waals surface area contributed by atoms with E-state index in [4.69, 9.17) is 4.74 Å². The molecule has 3 aromatic rings. The van der Waals surface area contributed by atoms with Crippen LogP contribution in [0.1, 0.15) is 11.1 Å². The molecule has 0 amide bonds. The Bertz CT molecular complexity index is 864. The lowest BCUT2D eigenvalue weighted by Crippen LogP contribution is -1.98. The highest BCUT2D eigenvalue weighted by atomic mass is 16.5. The van der Waals surface area contributed by atoms with Crippen molar-refractivity contribution in [1.29, 1.82) is 5.26 Å². The average Bonchev–Trinajstić information content (AvgIpc) is 2.55. The number of nitrogens with one attached hydrogen (secondary N) is 1. The summed E-state index contributed by atoms with van der Waals surface area (Å²) in [5.41, 5.74) is 3.39. The number of hydrogen-bond acceptors (Lipinski definition) is 4. The predicted octanol–water partition coefficient (Wildman–Crippen LogP) is 4.17. The molecule has 0 fully saturated rings. The maximum Gasteiger partial charge on any atom is 0.149 e. The van der Waals surface area contributed by atoms with Crippen LogP contribution in [0.3, 0.4) is 0 Å². The van der Waals surface area contributed by atoms with Gasteiger partial charge in [0.15, 0.2) is 0 Å². The van der Waals surface area contributed by atoms with Gasteiger partial charge in [0, 0.05) is 11.1 Å². The molecule has 0 bridgehead atoms. The van der Waals surface area contributed by atoms with Gasteiger partial charge in [-0.05, 0) is 49.4 Å². The number of pyridine rings is 1. The van der Waals surface area contributed by atoms with Gasteiger partial charge >= 0.3 is 0 Å². The first-order valence-electron chi connectivity index (χ1n) is 6.92. The molecule has 0 saturated heterocycles. The van der Waals surface area contributed by atoms with Crippen molar-refractivity contribution in [1.82, 2.24) is 4.98 Å². The number of nitriles is 1. The SMILES string of the molecule is COc1ccc(Nc2nc3ccc(C)cc3cc2C#N)cc1. The highest BCUT2D eigenvalue weighted by Crippen LogP contribution is 2.25. The first-order chi connectivity index (χ1) is 10.7. The van der Waals surface area contributed by atoms with Crippen molar-refractivity contribution in [3.05, 3.63) is 59.7 Å². The summed E-state index contributed by atoms with van der Waals surface area (Å²) in [5, 5.41) is 13.5. The van der Waals surface area contributed by atoms with E-state index in [-0.39, 0.29) is 0 Å². The largest absolute Gasteiger partial charge is 0.497 e. The van der Waals surface area contributed by atoms with E-state index >= 15 is 0 Å². The van der Waals surface area contributed by atoms with Crippen molar-refractivity contribution in [2.45, 2.75) is 6.92 Å². The van der Waals surface area contributed by atoms with Crippen molar-refractivity contribution in [2.75, 3.05) is 12.4 Å². The van der Waals surface area contributed by atoms with E-state index in [1.165, 1.54) is 0 Å². The van der Waals surface area contributed by atoms with E-state index in [0.717, 1.165) is 27.9 Å². The summed E-state index contributed by atoms with van der Waals surface area (Å²) in [6.45, 7) is 2.02. The second-order valence-electron chi connectivity index (χ2n) is 5.05. The highest BCUT2D eigenvalue weighted by molar-refractivity contribution is 5.84. The summed E-state index contributed by atoms with van der Waals surface area (Å²) in [5.74, 6) is 1.34. The van der Waals surface area contributed by atoms with Crippen LogP contribution in [-0.2, 0) is 0 Å². The Hall–Kier alpha value is -3.06. The number of nitrogens with zero attached hydrogens (tertiary/aromatic N) is 2.